The highest BCUT2D eigenvalue weighted by Crippen LogP contribution is 2.20. The summed E-state index contributed by atoms with van der Waals surface area (Å²) in [5.74, 6) is -0.826. The second-order valence-electron chi connectivity index (χ2n) is 5.79. The summed E-state index contributed by atoms with van der Waals surface area (Å²) in [5.41, 5.74) is 1.95. The molecule has 10 nitrogen and oxygen atoms in total. The van der Waals surface area contributed by atoms with E-state index in [0.717, 1.165) is 0 Å². The number of hydrogen-bond acceptors (Lipinski definition) is 8. The predicted octanol–water partition coefficient (Wildman–Crippen LogP) is -0.899. The highest BCUT2D eigenvalue weighted by atomic mass is 16.9. The molecule has 0 aromatic rings. The number of carbonyl (C=O) groups is 2. The van der Waals surface area contributed by atoms with Crippen LogP contribution in [0.15, 0.2) is 5.16 Å². The lowest BCUT2D eigenvalue weighted by molar-refractivity contribution is -0.181. The van der Waals surface area contributed by atoms with Gasteiger partial charge in [0.05, 0.1) is 26.0 Å². The molecule has 0 aromatic carbocycles. The minimum atomic E-state index is -1.30. The van der Waals surface area contributed by atoms with E-state index >= 15 is 0 Å². The summed E-state index contributed by atoms with van der Waals surface area (Å²) in [6.07, 6.45) is -1.21. The number of nitrogens with one attached hydrogen (secondary N) is 3. The van der Waals surface area contributed by atoms with Crippen molar-refractivity contribution in [2.45, 2.75) is 33.3 Å². The number of carbonyl (C=O) groups excluding carboxylic acids is 2. The molecule has 2 amide bonds. The number of aliphatic hydroxyl groups excluding tert-OH is 1. The summed E-state index contributed by atoms with van der Waals surface area (Å²) in [6, 6.07) is 0. The second kappa shape index (κ2) is 11.7. The largest absolute Gasteiger partial charge is 0.399 e. The molecule has 0 saturated heterocycles. The van der Waals surface area contributed by atoms with Crippen LogP contribution in [0.2, 0.25) is 0 Å². The second-order valence-corrected chi connectivity index (χ2v) is 5.79. The molecule has 24 heavy (non-hydrogen) atoms. The first kappa shape index (κ1) is 22.2. The molecule has 140 valence electrons. The van der Waals surface area contributed by atoms with E-state index in [1.54, 1.807) is 20.8 Å². The lowest BCUT2D eigenvalue weighted by atomic mass is 9.87. The molecular weight excluding hydrogens is 320 g/mol. The van der Waals surface area contributed by atoms with E-state index in [9.17, 15) is 14.7 Å². The minimum Gasteiger partial charge on any atom is -0.399 e. The van der Waals surface area contributed by atoms with Gasteiger partial charge in [0.15, 0.2) is 0 Å². The number of rotatable bonds is 12. The summed E-state index contributed by atoms with van der Waals surface area (Å²) >= 11 is 0. The highest BCUT2D eigenvalue weighted by Gasteiger charge is 2.34. The van der Waals surface area contributed by atoms with Crippen LogP contribution in [-0.2, 0) is 24.1 Å². The summed E-state index contributed by atoms with van der Waals surface area (Å²) < 4.78 is 0. The first-order valence-electron chi connectivity index (χ1n) is 7.43. The van der Waals surface area contributed by atoms with Crippen LogP contribution >= 0.6 is 0 Å². The fourth-order valence-corrected chi connectivity index (χ4v) is 1.61. The van der Waals surface area contributed by atoms with Gasteiger partial charge in [0.2, 0.25) is 11.8 Å². The Morgan fingerprint density at radius 2 is 1.92 bits per heavy atom. The summed E-state index contributed by atoms with van der Waals surface area (Å²) in [4.78, 5) is 37.5. The fraction of sp³-hybridized carbons (Fsp3) is 0.786. The van der Waals surface area contributed by atoms with E-state index < -0.39 is 17.4 Å². The predicted molar refractivity (Wildman–Crippen MR) is 86.6 cm³/mol. The zero-order valence-electron chi connectivity index (χ0n) is 14.8. The highest BCUT2D eigenvalue weighted by molar-refractivity contribution is 5.88. The van der Waals surface area contributed by atoms with Crippen molar-refractivity contribution in [2.75, 3.05) is 33.9 Å². The quantitative estimate of drug-likeness (QED) is 0.204. The lowest BCUT2D eigenvalue weighted by Gasteiger charge is -2.28. The van der Waals surface area contributed by atoms with Gasteiger partial charge in [-0.15, -0.1) is 0 Å². The standard InChI is InChI=1S/C14H28N4O6/c1-10(17-22-4)8-16-11(19)6-7-15-13(21)12(20)14(2,3)9-24-18-23-5/h12,18,20H,6-9H2,1-5H3,(H,15,21)(H,16,19)/b17-10+. The average molecular weight is 348 g/mol. The van der Waals surface area contributed by atoms with Crippen LogP contribution in [0.4, 0.5) is 0 Å². The van der Waals surface area contributed by atoms with Gasteiger partial charge in [-0.1, -0.05) is 24.6 Å². The van der Waals surface area contributed by atoms with E-state index in [1.807, 2.05) is 0 Å². The molecule has 0 aliphatic rings. The van der Waals surface area contributed by atoms with Gasteiger partial charge in [-0.25, -0.2) is 0 Å². The normalized spacial score (nSPS) is 13.3. The van der Waals surface area contributed by atoms with Gasteiger partial charge in [0, 0.05) is 18.4 Å². The van der Waals surface area contributed by atoms with Crippen LogP contribution in [-0.4, -0.2) is 62.7 Å². The van der Waals surface area contributed by atoms with Gasteiger partial charge < -0.3 is 20.6 Å². The molecule has 1 unspecified atom stereocenters. The zero-order chi connectivity index (χ0) is 18.6. The molecule has 4 N–H and O–H groups in total. The molecule has 0 fully saturated rings. The van der Waals surface area contributed by atoms with Gasteiger partial charge >= 0.3 is 0 Å². The molecular formula is C14H28N4O6. The van der Waals surface area contributed by atoms with E-state index in [2.05, 4.69) is 31.1 Å². The van der Waals surface area contributed by atoms with Crippen LogP contribution in [0.5, 0.6) is 0 Å². The maximum absolute atomic E-state index is 11.9. The van der Waals surface area contributed by atoms with Crippen LogP contribution < -0.4 is 16.3 Å². The number of hydrogen-bond donors (Lipinski definition) is 4. The topological polar surface area (TPSA) is 131 Å². The van der Waals surface area contributed by atoms with Gasteiger partial charge in [0.1, 0.15) is 13.2 Å². The molecule has 0 heterocycles. The van der Waals surface area contributed by atoms with Crippen molar-refractivity contribution >= 4 is 17.5 Å². The fourth-order valence-electron chi connectivity index (χ4n) is 1.61. The van der Waals surface area contributed by atoms with E-state index in [-0.39, 0.29) is 32.0 Å². The smallest absolute Gasteiger partial charge is 0.249 e. The van der Waals surface area contributed by atoms with Crippen molar-refractivity contribution in [3.05, 3.63) is 0 Å². The average Bonchev–Trinajstić information content (AvgIpc) is 2.52. The van der Waals surface area contributed by atoms with E-state index in [1.165, 1.54) is 14.2 Å². The third kappa shape index (κ3) is 9.40. The molecule has 0 bridgehead atoms. The van der Waals surface area contributed by atoms with Crippen LogP contribution in [0, 0.1) is 5.41 Å². The van der Waals surface area contributed by atoms with Crippen molar-refractivity contribution in [3.63, 3.8) is 0 Å². The Balaban J connectivity index is 4.11. The molecule has 0 saturated carbocycles. The summed E-state index contributed by atoms with van der Waals surface area (Å²) in [7, 11) is 2.80. The third-order valence-electron chi connectivity index (χ3n) is 3.01. The van der Waals surface area contributed by atoms with Crippen LogP contribution in [0.3, 0.4) is 0 Å². The molecule has 0 rings (SSSR count). The number of aliphatic hydroxyl groups is 1. The Labute approximate surface area is 141 Å². The van der Waals surface area contributed by atoms with Crippen molar-refractivity contribution in [1.82, 2.24) is 16.3 Å². The maximum Gasteiger partial charge on any atom is 0.249 e. The first-order chi connectivity index (χ1) is 11.2. The molecule has 1 atom stereocenters. The van der Waals surface area contributed by atoms with Crippen molar-refractivity contribution in [2.24, 2.45) is 10.6 Å². The monoisotopic (exact) mass is 348 g/mol. The van der Waals surface area contributed by atoms with Gasteiger partial charge in [0.25, 0.3) is 0 Å². The van der Waals surface area contributed by atoms with Crippen molar-refractivity contribution < 1.29 is 29.2 Å². The SMILES string of the molecule is CO/N=C(\C)CNC(=O)CCNC(=O)C(O)C(C)(C)CONOC. The Hall–Kier alpha value is -1.75. The van der Waals surface area contributed by atoms with Crippen molar-refractivity contribution in [1.29, 1.82) is 0 Å². The van der Waals surface area contributed by atoms with E-state index in [0.29, 0.717) is 5.71 Å². The Morgan fingerprint density at radius 1 is 1.25 bits per heavy atom. The Bertz CT molecular complexity index is 427. The molecule has 0 radical (unpaired) electrons. The number of oxime groups is 1. The van der Waals surface area contributed by atoms with Gasteiger partial charge in [-0.2, -0.15) is 0 Å². The first-order valence-corrected chi connectivity index (χ1v) is 7.43. The molecule has 0 spiro atoms. The minimum absolute atomic E-state index is 0.0496. The van der Waals surface area contributed by atoms with E-state index in [4.69, 9.17) is 4.84 Å². The number of amides is 2. The molecule has 10 heteroatoms. The Kier molecular flexibility index (Phi) is 10.9. The van der Waals surface area contributed by atoms with Gasteiger partial charge in [-0.05, 0) is 6.92 Å². The van der Waals surface area contributed by atoms with Crippen LogP contribution in [0.1, 0.15) is 27.2 Å². The molecule has 0 aliphatic carbocycles. The number of nitrogens with zero attached hydrogens (tertiary/aromatic N) is 1. The third-order valence-corrected chi connectivity index (χ3v) is 3.01. The Morgan fingerprint density at radius 3 is 2.50 bits per heavy atom. The lowest BCUT2D eigenvalue weighted by Crippen LogP contribution is -2.47. The zero-order valence-corrected chi connectivity index (χ0v) is 14.8. The maximum atomic E-state index is 11.9. The van der Waals surface area contributed by atoms with Crippen molar-refractivity contribution in [3.8, 4) is 0 Å². The molecule has 0 aliphatic heterocycles. The summed E-state index contributed by atoms with van der Waals surface area (Å²) in [6.45, 7) is 5.46. The molecule has 0 aromatic heterocycles. The van der Waals surface area contributed by atoms with Gasteiger partial charge in [-0.3, -0.25) is 19.3 Å². The van der Waals surface area contributed by atoms with Crippen LogP contribution in [0.25, 0.3) is 0 Å². The summed E-state index contributed by atoms with van der Waals surface area (Å²) in [5, 5.41) is 18.9.